The number of hydrogen-bond acceptors (Lipinski definition) is 5. The Morgan fingerprint density at radius 1 is 1.17 bits per heavy atom. The van der Waals surface area contributed by atoms with Gasteiger partial charge in [0, 0.05) is 10.4 Å². The van der Waals surface area contributed by atoms with Gasteiger partial charge in [-0.05, 0) is 51.1 Å². The van der Waals surface area contributed by atoms with E-state index in [0.717, 1.165) is 26.9 Å². The third-order valence-corrected chi connectivity index (χ3v) is 5.76. The van der Waals surface area contributed by atoms with Crippen molar-refractivity contribution in [2.75, 3.05) is 6.61 Å². The average Bonchev–Trinajstić information content (AvgIpc) is 3.08. The first-order valence-electron chi connectivity index (χ1n) is 9.36. The fourth-order valence-electron chi connectivity index (χ4n) is 2.69. The Bertz CT molecular complexity index is 972. The highest BCUT2D eigenvalue weighted by Crippen LogP contribution is 2.32. The summed E-state index contributed by atoms with van der Waals surface area (Å²) in [6.07, 6.45) is -0.621. The monoisotopic (exact) mass is 430 g/mol. The number of halogens is 1. The molecule has 0 fully saturated rings. The lowest BCUT2D eigenvalue weighted by molar-refractivity contribution is -0.127. The lowest BCUT2D eigenvalue weighted by Crippen LogP contribution is -2.35. The van der Waals surface area contributed by atoms with Gasteiger partial charge in [-0.2, -0.15) is 0 Å². The van der Waals surface area contributed by atoms with Crippen LogP contribution < -0.4 is 14.8 Å². The number of ether oxygens (including phenoxy) is 2. The molecule has 1 heterocycles. The third kappa shape index (κ3) is 5.49. The Kier molecular flexibility index (Phi) is 7.12. The lowest BCUT2D eigenvalue weighted by Gasteiger charge is -2.15. The number of amides is 1. The molecule has 1 aromatic heterocycles. The maximum Gasteiger partial charge on any atom is 0.261 e. The number of rotatable bonds is 8. The van der Waals surface area contributed by atoms with E-state index in [1.807, 2.05) is 50.2 Å². The second-order valence-corrected chi connectivity index (χ2v) is 7.88. The summed E-state index contributed by atoms with van der Waals surface area (Å²) in [6.45, 7) is 6.58. The molecule has 152 valence electrons. The van der Waals surface area contributed by atoms with Crippen molar-refractivity contribution in [1.29, 1.82) is 0 Å². The van der Waals surface area contributed by atoms with Crippen LogP contribution in [0.1, 0.15) is 24.4 Å². The Morgan fingerprint density at radius 3 is 2.55 bits per heavy atom. The number of nitrogens with one attached hydrogen (secondary N) is 1. The molecule has 1 N–H and O–H groups in total. The molecule has 0 saturated carbocycles. The first kappa shape index (κ1) is 21.1. The predicted molar refractivity (Wildman–Crippen MR) is 117 cm³/mol. The van der Waals surface area contributed by atoms with Crippen LogP contribution in [0.15, 0.2) is 48.5 Å². The summed E-state index contributed by atoms with van der Waals surface area (Å²) in [4.78, 5) is 18.0. The molecular formula is C22H23ClN2O3S. The number of nitrogens with zero attached hydrogens (tertiary/aromatic N) is 1. The number of aryl methyl sites for hydroxylation is 1. The highest BCUT2D eigenvalue weighted by molar-refractivity contribution is 7.15. The van der Waals surface area contributed by atoms with Gasteiger partial charge in [0.1, 0.15) is 16.5 Å². The van der Waals surface area contributed by atoms with Gasteiger partial charge in [-0.25, -0.2) is 4.98 Å². The summed E-state index contributed by atoms with van der Waals surface area (Å²) in [5, 5.41) is 4.42. The second kappa shape index (κ2) is 9.76. The van der Waals surface area contributed by atoms with Crippen LogP contribution in [0.3, 0.4) is 0 Å². The lowest BCUT2D eigenvalue weighted by atomic mass is 10.2. The molecule has 3 aromatic rings. The number of aromatic nitrogens is 1. The Labute approximate surface area is 179 Å². The Hall–Kier alpha value is -2.57. The summed E-state index contributed by atoms with van der Waals surface area (Å²) < 4.78 is 11.1. The van der Waals surface area contributed by atoms with Gasteiger partial charge in [-0.3, -0.25) is 4.79 Å². The molecule has 0 spiro atoms. The van der Waals surface area contributed by atoms with Crippen LogP contribution in [0.4, 0.5) is 0 Å². The fraction of sp³-hybridized carbons (Fsp3) is 0.273. The molecule has 1 unspecified atom stereocenters. The van der Waals surface area contributed by atoms with Crippen molar-refractivity contribution in [3.63, 3.8) is 0 Å². The van der Waals surface area contributed by atoms with E-state index in [1.165, 1.54) is 11.3 Å². The van der Waals surface area contributed by atoms with Gasteiger partial charge in [0.2, 0.25) is 0 Å². The van der Waals surface area contributed by atoms with E-state index < -0.39 is 6.10 Å². The second-order valence-electron chi connectivity index (χ2n) is 6.39. The summed E-state index contributed by atoms with van der Waals surface area (Å²) in [6, 6.07) is 14.8. The van der Waals surface area contributed by atoms with Gasteiger partial charge in [-0.15, -0.1) is 11.3 Å². The predicted octanol–water partition coefficient (Wildman–Crippen LogP) is 5.25. The zero-order chi connectivity index (χ0) is 20.8. The van der Waals surface area contributed by atoms with Gasteiger partial charge in [0.25, 0.3) is 5.91 Å². The molecule has 2 aromatic carbocycles. The smallest absolute Gasteiger partial charge is 0.261 e. The zero-order valence-electron chi connectivity index (χ0n) is 16.6. The molecule has 29 heavy (non-hydrogen) atoms. The van der Waals surface area contributed by atoms with Crippen LogP contribution >= 0.6 is 22.9 Å². The van der Waals surface area contributed by atoms with E-state index in [0.29, 0.717) is 23.9 Å². The topological polar surface area (TPSA) is 60.5 Å². The highest BCUT2D eigenvalue weighted by atomic mass is 35.5. The minimum Gasteiger partial charge on any atom is -0.494 e. The summed E-state index contributed by atoms with van der Waals surface area (Å²) in [5.41, 5.74) is 1.78. The highest BCUT2D eigenvalue weighted by Gasteiger charge is 2.17. The van der Waals surface area contributed by atoms with Gasteiger partial charge < -0.3 is 14.8 Å². The van der Waals surface area contributed by atoms with E-state index >= 15 is 0 Å². The zero-order valence-corrected chi connectivity index (χ0v) is 18.1. The van der Waals surface area contributed by atoms with E-state index in [4.69, 9.17) is 21.1 Å². The van der Waals surface area contributed by atoms with Crippen molar-refractivity contribution >= 4 is 28.8 Å². The van der Waals surface area contributed by atoms with E-state index in [-0.39, 0.29) is 5.91 Å². The van der Waals surface area contributed by atoms with Crippen LogP contribution in [-0.2, 0) is 11.3 Å². The number of thiazole rings is 1. The average molecular weight is 431 g/mol. The molecule has 0 aliphatic carbocycles. The molecule has 5 nitrogen and oxygen atoms in total. The number of hydrogen-bond donors (Lipinski definition) is 1. The number of benzene rings is 2. The van der Waals surface area contributed by atoms with Gasteiger partial charge in [0.05, 0.1) is 23.9 Å². The molecule has 1 amide bonds. The van der Waals surface area contributed by atoms with Gasteiger partial charge >= 0.3 is 0 Å². The third-order valence-electron chi connectivity index (χ3n) is 4.24. The summed E-state index contributed by atoms with van der Waals surface area (Å²) in [7, 11) is 0. The normalized spacial score (nSPS) is 11.7. The molecule has 3 rings (SSSR count). The Morgan fingerprint density at radius 2 is 1.86 bits per heavy atom. The minimum atomic E-state index is -0.621. The molecular weight excluding hydrogens is 408 g/mol. The SMILES string of the molecule is CCOc1ccc(OC(C)C(=O)NCc2sc(-c3ccccc3Cl)nc2C)cc1. The van der Waals surface area contributed by atoms with E-state index in [1.54, 1.807) is 19.1 Å². The van der Waals surface area contributed by atoms with Crippen molar-refractivity contribution in [1.82, 2.24) is 10.3 Å². The molecule has 0 radical (unpaired) electrons. The van der Waals surface area contributed by atoms with Crippen molar-refractivity contribution in [3.05, 3.63) is 64.1 Å². The number of carbonyl (C=O) groups is 1. The van der Waals surface area contributed by atoms with E-state index in [9.17, 15) is 4.79 Å². The van der Waals surface area contributed by atoms with Crippen LogP contribution in [0.25, 0.3) is 10.6 Å². The van der Waals surface area contributed by atoms with Crippen molar-refractivity contribution < 1.29 is 14.3 Å². The fourth-order valence-corrected chi connectivity index (χ4v) is 4.01. The van der Waals surface area contributed by atoms with Crippen molar-refractivity contribution in [2.24, 2.45) is 0 Å². The van der Waals surface area contributed by atoms with Gasteiger partial charge in [-0.1, -0.05) is 29.8 Å². The van der Waals surface area contributed by atoms with Crippen LogP contribution in [0.5, 0.6) is 11.5 Å². The molecule has 7 heteroatoms. The molecule has 0 aliphatic rings. The number of carbonyl (C=O) groups excluding carboxylic acids is 1. The standard InChI is InChI=1S/C22H23ClN2O3S/c1-4-27-16-9-11-17(12-10-16)28-15(3)21(26)24-13-20-14(2)25-22(29-20)18-7-5-6-8-19(18)23/h5-12,15H,4,13H2,1-3H3,(H,24,26). The first-order valence-corrected chi connectivity index (χ1v) is 10.6. The molecule has 0 aliphatic heterocycles. The molecule has 1 atom stereocenters. The summed E-state index contributed by atoms with van der Waals surface area (Å²) in [5.74, 6) is 1.20. The van der Waals surface area contributed by atoms with Crippen molar-refractivity contribution in [3.8, 4) is 22.1 Å². The molecule has 0 saturated heterocycles. The largest absolute Gasteiger partial charge is 0.494 e. The summed E-state index contributed by atoms with van der Waals surface area (Å²) >= 11 is 7.79. The quantitative estimate of drug-likeness (QED) is 0.530. The van der Waals surface area contributed by atoms with Crippen molar-refractivity contribution in [2.45, 2.75) is 33.4 Å². The first-order chi connectivity index (χ1) is 14.0. The van der Waals surface area contributed by atoms with E-state index in [2.05, 4.69) is 10.3 Å². The maximum absolute atomic E-state index is 12.4. The van der Waals surface area contributed by atoms with Crippen LogP contribution in [0, 0.1) is 6.92 Å². The molecule has 0 bridgehead atoms. The van der Waals surface area contributed by atoms with Crippen LogP contribution in [-0.4, -0.2) is 23.6 Å². The maximum atomic E-state index is 12.4. The van der Waals surface area contributed by atoms with Gasteiger partial charge in [0.15, 0.2) is 6.10 Å². The van der Waals surface area contributed by atoms with Crippen LogP contribution in [0.2, 0.25) is 5.02 Å². The Balaban J connectivity index is 1.58. The minimum absolute atomic E-state index is 0.189.